The number of carbonyl (C=O) groups excluding carboxylic acids is 1. The van der Waals surface area contributed by atoms with Crippen molar-refractivity contribution in [1.29, 1.82) is 0 Å². The largest absolute Gasteiger partial charge is 0.372 e. The Bertz CT molecular complexity index is 226. The number of aldehydes is 1. The Morgan fingerprint density at radius 2 is 2.00 bits per heavy atom. The van der Waals surface area contributed by atoms with Crippen LogP contribution in [0.2, 0.25) is 0 Å². The van der Waals surface area contributed by atoms with E-state index < -0.39 is 0 Å². The monoisotopic (exact) mass is 193 g/mol. The summed E-state index contributed by atoms with van der Waals surface area (Å²) < 4.78 is 0. The van der Waals surface area contributed by atoms with Crippen LogP contribution in [0.3, 0.4) is 0 Å². The fourth-order valence-electron chi connectivity index (χ4n) is 1.97. The number of rotatable bonds is 4. The highest BCUT2D eigenvalue weighted by Gasteiger charge is 2.17. The van der Waals surface area contributed by atoms with Gasteiger partial charge in [0.05, 0.1) is 0 Å². The third-order valence-corrected chi connectivity index (χ3v) is 2.94. The quantitative estimate of drug-likeness (QED) is 0.388. The van der Waals surface area contributed by atoms with E-state index in [9.17, 15) is 4.79 Å². The van der Waals surface area contributed by atoms with Gasteiger partial charge in [0.1, 0.15) is 6.29 Å². The molecule has 0 radical (unpaired) electrons. The van der Waals surface area contributed by atoms with E-state index in [2.05, 4.69) is 18.5 Å². The van der Waals surface area contributed by atoms with Gasteiger partial charge in [-0.05, 0) is 25.0 Å². The van der Waals surface area contributed by atoms with Crippen molar-refractivity contribution in [1.82, 2.24) is 4.90 Å². The summed E-state index contributed by atoms with van der Waals surface area (Å²) in [5.41, 5.74) is 0.934. The normalized spacial score (nSPS) is 18.4. The molecule has 0 N–H and O–H groups in total. The second-order valence-corrected chi connectivity index (χ2v) is 3.89. The predicted octanol–water partition coefficient (Wildman–Crippen LogP) is 2.52. The topological polar surface area (TPSA) is 20.3 Å². The summed E-state index contributed by atoms with van der Waals surface area (Å²) in [5.74, 6) is 0. The lowest BCUT2D eigenvalue weighted by Gasteiger charge is -2.33. The Kier molecular flexibility index (Phi) is 4.44. The molecule has 2 nitrogen and oxygen atoms in total. The number of allylic oxidation sites excluding steroid dienone is 2. The van der Waals surface area contributed by atoms with E-state index >= 15 is 0 Å². The number of hydrogen-bond donors (Lipinski definition) is 0. The molecule has 0 atom stereocenters. The third kappa shape index (κ3) is 3.02. The average molecular weight is 193 g/mol. The zero-order valence-corrected chi connectivity index (χ0v) is 8.91. The molecule has 1 aliphatic rings. The van der Waals surface area contributed by atoms with E-state index in [1.54, 1.807) is 6.08 Å². The Morgan fingerprint density at radius 1 is 1.36 bits per heavy atom. The molecule has 1 saturated carbocycles. The highest BCUT2D eigenvalue weighted by atomic mass is 16.1. The molecule has 1 aliphatic carbocycles. The van der Waals surface area contributed by atoms with Gasteiger partial charge in [-0.25, -0.2) is 0 Å². The summed E-state index contributed by atoms with van der Waals surface area (Å²) in [6.45, 7) is 3.95. The van der Waals surface area contributed by atoms with Gasteiger partial charge in [-0.3, -0.25) is 4.79 Å². The minimum atomic E-state index is 0.618. The number of likely N-dealkylation sites (N-methyl/N-ethyl adjacent to an activating group) is 1. The zero-order chi connectivity index (χ0) is 10.4. The molecule has 0 aliphatic heterocycles. The van der Waals surface area contributed by atoms with Crippen molar-refractivity contribution in [2.45, 2.75) is 38.1 Å². The summed E-state index contributed by atoms with van der Waals surface area (Å²) >= 11 is 0. The Hall–Kier alpha value is -1.05. The van der Waals surface area contributed by atoms with Crippen molar-refractivity contribution in [3.63, 3.8) is 0 Å². The molecule has 78 valence electrons. The van der Waals surface area contributed by atoms with Crippen LogP contribution < -0.4 is 0 Å². The average Bonchev–Trinajstić information content (AvgIpc) is 2.26. The molecule has 0 bridgehead atoms. The van der Waals surface area contributed by atoms with Gasteiger partial charge >= 0.3 is 0 Å². The van der Waals surface area contributed by atoms with E-state index in [4.69, 9.17) is 0 Å². The van der Waals surface area contributed by atoms with Crippen LogP contribution in [-0.4, -0.2) is 24.3 Å². The molecule has 0 spiro atoms. The number of carbonyl (C=O) groups is 1. The molecule has 0 aromatic heterocycles. The molecular formula is C12H19NO. The van der Waals surface area contributed by atoms with Gasteiger partial charge in [-0.15, -0.1) is 0 Å². The van der Waals surface area contributed by atoms with Gasteiger partial charge in [0.25, 0.3) is 0 Å². The Morgan fingerprint density at radius 3 is 2.57 bits per heavy atom. The molecule has 0 amide bonds. The molecule has 0 unspecified atom stereocenters. The lowest BCUT2D eigenvalue weighted by Crippen LogP contribution is -2.31. The van der Waals surface area contributed by atoms with Crippen molar-refractivity contribution in [2.24, 2.45) is 0 Å². The van der Waals surface area contributed by atoms with E-state index in [1.165, 1.54) is 38.2 Å². The maximum Gasteiger partial charge on any atom is 0.142 e. The van der Waals surface area contributed by atoms with Gasteiger partial charge in [0, 0.05) is 18.8 Å². The third-order valence-electron chi connectivity index (χ3n) is 2.94. The van der Waals surface area contributed by atoms with Crippen molar-refractivity contribution in [3.05, 3.63) is 24.4 Å². The molecule has 2 heteroatoms. The standard InChI is InChI=1S/C12H19NO/c1-11(7-6-10-14)13(2)12-8-4-3-5-9-12/h6-7,10,12H,1,3-5,8-9H2,2H3/b7-6-. The second kappa shape index (κ2) is 5.63. The lowest BCUT2D eigenvalue weighted by molar-refractivity contribution is -0.104. The molecule has 1 fully saturated rings. The van der Waals surface area contributed by atoms with E-state index in [0.717, 1.165) is 12.0 Å². The first-order chi connectivity index (χ1) is 6.75. The lowest BCUT2D eigenvalue weighted by atomic mass is 9.94. The van der Waals surface area contributed by atoms with Crippen LogP contribution >= 0.6 is 0 Å². The summed E-state index contributed by atoms with van der Waals surface area (Å²) in [5, 5.41) is 0. The van der Waals surface area contributed by atoms with Gasteiger partial charge < -0.3 is 4.90 Å². The molecule has 14 heavy (non-hydrogen) atoms. The highest BCUT2D eigenvalue weighted by Crippen LogP contribution is 2.23. The van der Waals surface area contributed by atoms with E-state index in [1.807, 2.05) is 0 Å². The Balaban J connectivity index is 2.45. The number of nitrogens with zero attached hydrogens (tertiary/aromatic N) is 1. The Labute approximate surface area is 86.3 Å². The summed E-state index contributed by atoms with van der Waals surface area (Å²) in [6.07, 6.45) is 10.6. The first-order valence-corrected chi connectivity index (χ1v) is 5.29. The minimum Gasteiger partial charge on any atom is -0.372 e. The van der Waals surface area contributed by atoms with Gasteiger partial charge in [0.15, 0.2) is 0 Å². The highest BCUT2D eigenvalue weighted by molar-refractivity contribution is 5.65. The fourth-order valence-corrected chi connectivity index (χ4v) is 1.97. The maximum absolute atomic E-state index is 10.2. The first-order valence-electron chi connectivity index (χ1n) is 5.29. The van der Waals surface area contributed by atoms with Crippen LogP contribution in [0.15, 0.2) is 24.4 Å². The van der Waals surface area contributed by atoms with E-state index in [-0.39, 0.29) is 0 Å². The summed E-state index contributed by atoms with van der Waals surface area (Å²) in [4.78, 5) is 12.4. The maximum atomic E-state index is 10.2. The van der Waals surface area contributed by atoms with Crippen molar-refractivity contribution < 1.29 is 4.79 Å². The number of hydrogen-bond acceptors (Lipinski definition) is 2. The molecule has 0 aromatic rings. The molecule has 1 rings (SSSR count). The van der Waals surface area contributed by atoms with Crippen LogP contribution in [0.1, 0.15) is 32.1 Å². The smallest absolute Gasteiger partial charge is 0.142 e. The van der Waals surface area contributed by atoms with Crippen LogP contribution in [0.5, 0.6) is 0 Å². The molecule has 0 aromatic carbocycles. The minimum absolute atomic E-state index is 0.618. The van der Waals surface area contributed by atoms with Crippen molar-refractivity contribution >= 4 is 6.29 Å². The first kappa shape index (κ1) is 11.0. The van der Waals surface area contributed by atoms with Gasteiger partial charge in [-0.2, -0.15) is 0 Å². The van der Waals surface area contributed by atoms with Crippen LogP contribution in [0, 0.1) is 0 Å². The van der Waals surface area contributed by atoms with Gasteiger partial charge in [0.2, 0.25) is 0 Å². The van der Waals surface area contributed by atoms with Crippen molar-refractivity contribution in [3.8, 4) is 0 Å². The molecule has 0 saturated heterocycles. The summed E-state index contributed by atoms with van der Waals surface area (Å²) in [7, 11) is 2.06. The predicted molar refractivity (Wildman–Crippen MR) is 59.0 cm³/mol. The summed E-state index contributed by atoms with van der Waals surface area (Å²) in [6, 6.07) is 0.618. The van der Waals surface area contributed by atoms with Gasteiger partial charge in [-0.1, -0.05) is 25.8 Å². The van der Waals surface area contributed by atoms with Crippen molar-refractivity contribution in [2.75, 3.05) is 7.05 Å². The molecule has 0 heterocycles. The SMILES string of the molecule is C=C(/C=C\C=O)N(C)C1CCCCC1. The van der Waals surface area contributed by atoms with Crippen LogP contribution in [0.4, 0.5) is 0 Å². The fraction of sp³-hybridized carbons (Fsp3) is 0.583. The van der Waals surface area contributed by atoms with Crippen LogP contribution in [0.25, 0.3) is 0 Å². The zero-order valence-electron chi connectivity index (χ0n) is 8.91. The molecular weight excluding hydrogens is 174 g/mol. The second-order valence-electron chi connectivity index (χ2n) is 3.89. The van der Waals surface area contributed by atoms with E-state index in [0.29, 0.717) is 6.04 Å². The van der Waals surface area contributed by atoms with Crippen LogP contribution in [-0.2, 0) is 4.79 Å².